The van der Waals surface area contributed by atoms with Crippen LogP contribution in [0.25, 0.3) is 45.6 Å². The van der Waals surface area contributed by atoms with Crippen molar-refractivity contribution in [3.05, 3.63) is 142 Å². The first kappa shape index (κ1) is 24.2. The highest BCUT2D eigenvalue weighted by atomic mass is 16.1. The van der Waals surface area contributed by atoms with Gasteiger partial charge in [0.2, 0.25) is 0 Å². The second kappa shape index (κ2) is 11.5. The highest BCUT2D eigenvalue weighted by molar-refractivity contribution is 5.62. The number of nitrogens with zero attached hydrogens (tertiary/aromatic N) is 4. The molecule has 0 bridgehead atoms. The van der Waals surface area contributed by atoms with E-state index in [4.69, 9.17) is 0 Å². The van der Waals surface area contributed by atoms with E-state index in [1.165, 1.54) is 24.3 Å². The van der Waals surface area contributed by atoms with Crippen molar-refractivity contribution >= 4 is 0 Å². The van der Waals surface area contributed by atoms with Gasteiger partial charge in [-0.25, -0.2) is 0 Å². The molecule has 0 saturated heterocycles. The van der Waals surface area contributed by atoms with Crippen LogP contribution in [0.1, 0.15) is 0 Å². The van der Waals surface area contributed by atoms with Gasteiger partial charge < -0.3 is 9.97 Å². The molecular weight excluding hydrogens is 476 g/mol. The highest BCUT2D eigenvalue weighted by Gasteiger charge is 2.06. The molecule has 6 rings (SSSR count). The van der Waals surface area contributed by atoms with Crippen LogP contribution in [0, 0.1) is 0 Å². The summed E-state index contributed by atoms with van der Waals surface area (Å²) in [7, 11) is 0. The molecule has 0 aromatic carbocycles. The van der Waals surface area contributed by atoms with Crippen LogP contribution in [0.2, 0.25) is 0 Å². The van der Waals surface area contributed by atoms with Crippen LogP contribution in [0.4, 0.5) is 0 Å². The van der Waals surface area contributed by atoms with Gasteiger partial charge in [0.15, 0.2) is 10.9 Å². The second-order valence-electron chi connectivity index (χ2n) is 8.15. The summed E-state index contributed by atoms with van der Waals surface area (Å²) in [6.07, 6.45) is 6.78. The zero-order valence-corrected chi connectivity index (χ0v) is 20.2. The molecule has 38 heavy (non-hydrogen) atoms. The van der Waals surface area contributed by atoms with E-state index in [-0.39, 0.29) is 10.9 Å². The van der Waals surface area contributed by atoms with Crippen molar-refractivity contribution in [2.75, 3.05) is 0 Å². The zero-order valence-electron chi connectivity index (χ0n) is 20.2. The Hall–Kier alpha value is -5.50. The molecule has 0 unspecified atom stereocenters. The summed E-state index contributed by atoms with van der Waals surface area (Å²) in [6.45, 7) is 0. The van der Waals surface area contributed by atoms with Crippen LogP contribution in [-0.2, 0) is 0 Å². The summed E-state index contributed by atoms with van der Waals surface area (Å²) in [4.78, 5) is 46.9. The first-order chi connectivity index (χ1) is 18.7. The molecule has 0 radical (unpaired) electrons. The van der Waals surface area contributed by atoms with Gasteiger partial charge in [-0.1, -0.05) is 24.3 Å². The van der Waals surface area contributed by atoms with Crippen LogP contribution < -0.4 is 10.9 Å². The molecule has 0 amide bonds. The summed E-state index contributed by atoms with van der Waals surface area (Å²) in [5, 5.41) is 0. The smallest absolute Gasteiger partial charge is 0.182 e. The monoisotopic (exact) mass is 498 g/mol. The first-order valence-electron chi connectivity index (χ1n) is 11.8. The van der Waals surface area contributed by atoms with Crippen molar-refractivity contribution in [2.45, 2.75) is 0 Å². The van der Waals surface area contributed by atoms with Crippen LogP contribution >= 0.6 is 0 Å². The Morgan fingerprint density at radius 2 is 0.658 bits per heavy atom. The third-order valence-corrected chi connectivity index (χ3v) is 5.45. The second-order valence-corrected chi connectivity index (χ2v) is 8.15. The van der Waals surface area contributed by atoms with Gasteiger partial charge in [0.25, 0.3) is 0 Å². The van der Waals surface area contributed by atoms with Gasteiger partial charge in [-0.2, -0.15) is 0 Å². The largest absolute Gasteiger partial charge is 0.352 e. The molecule has 0 aliphatic heterocycles. The van der Waals surface area contributed by atoms with Crippen molar-refractivity contribution in [2.24, 2.45) is 0 Å². The number of nitrogens with one attached hydrogen (secondary N) is 2. The number of hydrogen-bond donors (Lipinski definition) is 2. The van der Waals surface area contributed by atoms with E-state index in [9.17, 15) is 9.59 Å². The third-order valence-electron chi connectivity index (χ3n) is 5.45. The number of aromatic nitrogens is 6. The SMILES string of the molecule is O=c1cc(-c2ccccn2)[nH]c(-c2ccccn2)c1.O=c1cc(-c2ccccn2)[nH]c(-c2ccccn2)c1. The van der Waals surface area contributed by atoms with Crippen LogP contribution in [-0.4, -0.2) is 29.9 Å². The van der Waals surface area contributed by atoms with Gasteiger partial charge in [-0.05, 0) is 48.5 Å². The maximum absolute atomic E-state index is 11.8. The Kier molecular flexibility index (Phi) is 7.32. The van der Waals surface area contributed by atoms with E-state index in [2.05, 4.69) is 29.9 Å². The Balaban J connectivity index is 0.000000155. The summed E-state index contributed by atoms with van der Waals surface area (Å²) in [5.41, 5.74) is 5.55. The van der Waals surface area contributed by atoms with Crippen LogP contribution in [0.15, 0.2) is 131 Å². The predicted octanol–water partition coefficient (Wildman–Crippen LogP) is 5.00. The average molecular weight is 499 g/mol. The van der Waals surface area contributed by atoms with Crippen molar-refractivity contribution in [3.8, 4) is 45.6 Å². The lowest BCUT2D eigenvalue weighted by molar-refractivity contribution is 1.21. The Morgan fingerprint density at radius 1 is 0.395 bits per heavy atom. The number of H-pyrrole nitrogens is 2. The van der Waals surface area contributed by atoms with E-state index in [1.54, 1.807) is 24.8 Å². The van der Waals surface area contributed by atoms with Crippen molar-refractivity contribution in [1.29, 1.82) is 0 Å². The number of rotatable bonds is 4. The summed E-state index contributed by atoms with van der Waals surface area (Å²) in [5.74, 6) is 0. The minimum absolute atomic E-state index is 0.0694. The third kappa shape index (κ3) is 6.00. The van der Waals surface area contributed by atoms with Gasteiger partial charge in [-0.15, -0.1) is 0 Å². The molecule has 6 aromatic heterocycles. The van der Waals surface area contributed by atoms with E-state index >= 15 is 0 Å². The van der Waals surface area contributed by atoms with Crippen molar-refractivity contribution < 1.29 is 0 Å². The fourth-order valence-corrected chi connectivity index (χ4v) is 3.73. The average Bonchev–Trinajstić information content (AvgIpc) is 2.99. The standard InChI is InChI=1S/2C15H11N3O/c2*19-11-9-14(12-5-1-3-7-16-12)18-15(10-11)13-6-2-4-8-17-13/h2*1-10H,(H,18,19). The Bertz CT molecular complexity index is 1480. The van der Waals surface area contributed by atoms with E-state index in [0.29, 0.717) is 22.8 Å². The maximum Gasteiger partial charge on any atom is 0.182 e. The van der Waals surface area contributed by atoms with Gasteiger partial charge in [0.05, 0.1) is 45.6 Å². The van der Waals surface area contributed by atoms with Gasteiger partial charge in [0.1, 0.15) is 0 Å². The molecule has 0 atom stereocenters. The van der Waals surface area contributed by atoms with Crippen LogP contribution in [0.5, 0.6) is 0 Å². The molecule has 8 nitrogen and oxygen atoms in total. The molecule has 8 heteroatoms. The lowest BCUT2D eigenvalue weighted by Gasteiger charge is -2.05. The summed E-state index contributed by atoms with van der Waals surface area (Å²) >= 11 is 0. The van der Waals surface area contributed by atoms with Crippen molar-refractivity contribution in [3.63, 3.8) is 0 Å². The minimum atomic E-state index is -0.0694. The minimum Gasteiger partial charge on any atom is -0.352 e. The van der Waals surface area contributed by atoms with Gasteiger partial charge >= 0.3 is 0 Å². The van der Waals surface area contributed by atoms with Crippen molar-refractivity contribution in [1.82, 2.24) is 29.9 Å². The number of pyridine rings is 6. The number of hydrogen-bond acceptors (Lipinski definition) is 6. The normalized spacial score (nSPS) is 10.3. The van der Waals surface area contributed by atoms with E-state index in [0.717, 1.165) is 22.8 Å². The summed E-state index contributed by atoms with van der Waals surface area (Å²) in [6, 6.07) is 28.4. The molecule has 0 aliphatic carbocycles. The Labute approximate surface area is 217 Å². The molecule has 6 aromatic rings. The molecule has 2 N–H and O–H groups in total. The molecule has 6 heterocycles. The lowest BCUT2D eigenvalue weighted by atomic mass is 10.2. The topological polar surface area (TPSA) is 117 Å². The number of aromatic amines is 2. The lowest BCUT2D eigenvalue weighted by Crippen LogP contribution is -2.03. The van der Waals surface area contributed by atoms with Gasteiger partial charge in [0, 0.05) is 49.1 Å². The molecule has 0 saturated carbocycles. The predicted molar refractivity (Wildman–Crippen MR) is 147 cm³/mol. The van der Waals surface area contributed by atoms with Crippen LogP contribution in [0.3, 0.4) is 0 Å². The fraction of sp³-hybridized carbons (Fsp3) is 0. The summed E-state index contributed by atoms with van der Waals surface area (Å²) < 4.78 is 0. The first-order valence-corrected chi connectivity index (χ1v) is 11.8. The van der Waals surface area contributed by atoms with Gasteiger partial charge in [-0.3, -0.25) is 29.5 Å². The molecular formula is C30H22N6O2. The van der Waals surface area contributed by atoms with E-state index in [1.807, 2.05) is 72.8 Å². The molecule has 0 aliphatic rings. The zero-order chi connectivity index (χ0) is 26.2. The maximum atomic E-state index is 11.8. The van der Waals surface area contributed by atoms with E-state index < -0.39 is 0 Å². The fourth-order valence-electron chi connectivity index (χ4n) is 3.73. The Morgan fingerprint density at radius 3 is 0.868 bits per heavy atom. The highest BCUT2D eigenvalue weighted by Crippen LogP contribution is 2.18. The molecule has 0 fully saturated rings. The quantitative estimate of drug-likeness (QED) is 0.353. The molecule has 0 spiro atoms. The molecule has 184 valence electrons.